The summed E-state index contributed by atoms with van der Waals surface area (Å²) in [6.07, 6.45) is 2.13. The lowest BCUT2D eigenvalue weighted by Crippen LogP contribution is -2.52. The van der Waals surface area contributed by atoms with Gasteiger partial charge in [0.05, 0.1) is 11.5 Å². The van der Waals surface area contributed by atoms with Crippen molar-refractivity contribution in [2.75, 3.05) is 31.6 Å². The van der Waals surface area contributed by atoms with Crippen LogP contribution in [0.5, 0.6) is 0 Å². The molecule has 1 fully saturated rings. The Balaban J connectivity index is 2.88. The van der Waals surface area contributed by atoms with Crippen LogP contribution in [-0.2, 0) is 19.4 Å². The molecular formula is C16H30N2O4S. The van der Waals surface area contributed by atoms with E-state index in [0.29, 0.717) is 19.5 Å². The Bertz CT molecular complexity index is 536. The van der Waals surface area contributed by atoms with Crippen molar-refractivity contribution in [3.05, 3.63) is 0 Å². The predicted octanol–water partition coefficient (Wildman–Crippen LogP) is 1.31. The van der Waals surface area contributed by atoms with Crippen LogP contribution in [0.4, 0.5) is 0 Å². The maximum absolute atomic E-state index is 12.8. The second-order valence-corrected chi connectivity index (χ2v) is 9.12. The van der Waals surface area contributed by atoms with Crippen molar-refractivity contribution >= 4 is 21.7 Å². The highest BCUT2D eigenvalue weighted by atomic mass is 32.2. The molecule has 1 heterocycles. The van der Waals surface area contributed by atoms with Gasteiger partial charge in [0.1, 0.15) is 5.41 Å². The van der Waals surface area contributed by atoms with E-state index >= 15 is 0 Å². The van der Waals surface area contributed by atoms with Crippen molar-refractivity contribution in [1.29, 1.82) is 0 Å². The number of nitrogens with zero attached hydrogens (tertiary/aromatic N) is 2. The summed E-state index contributed by atoms with van der Waals surface area (Å²) in [5.74, 6) is -0.380. The Morgan fingerprint density at radius 2 is 1.61 bits per heavy atom. The number of sulfone groups is 1. The SMILES string of the molecule is CCCN(CCC)C(=O)C(C)(C)C(=O)N(C)C1CCS(=O)(=O)C1. The zero-order chi connectivity index (χ0) is 17.8. The van der Waals surface area contributed by atoms with Gasteiger partial charge in [0.25, 0.3) is 0 Å². The number of carbonyl (C=O) groups excluding carboxylic acids is 2. The summed E-state index contributed by atoms with van der Waals surface area (Å²) < 4.78 is 23.2. The van der Waals surface area contributed by atoms with Crippen molar-refractivity contribution < 1.29 is 18.0 Å². The van der Waals surface area contributed by atoms with Gasteiger partial charge in [0.15, 0.2) is 9.84 Å². The summed E-state index contributed by atoms with van der Waals surface area (Å²) in [6, 6.07) is -0.328. The summed E-state index contributed by atoms with van der Waals surface area (Å²) in [5, 5.41) is 0. The molecule has 1 aliphatic heterocycles. The van der Waals surface area contributed by atoms with E-state index in [2.05, 4.69) is 0 Å². The van der Waals surface area contributed by atoms with Gasteiger partial charge in [-0.3, -0.25) is 9.59 Å². The Morgan fingerprint density at radius 1 is 1.09 bits per heavy atom. The Labute approximate surface area is 140 Å². The summed E-state index contributed by atoms with van der Waals surface area (Å²) in [5.41, 5.74) is -1.18. The smallest absolute Gasteiger partial charge is 0.237 e. The summed E-state index contributed by atoms with van der Waals surface area (Å²) in [6.45, 7) is 8.53. The number of rotatable bonds is 7. The molecule has 1 rings (SSSR count). The van der Waals surface area contributed by atoms with E-state index in [0.717, 1.165) is 12.8 Å². The molecule has 134 valence electrons. The first-order valence-corrected chi connectivity index (χ1v) is 10.2. The fourth-order valence-electron chi connectivity index (χ4n) is 3.03. The van der Waals surface area contributed by atoms with E-state index in [1.807, 2.05) is 13.8 Å². The molecule has 1 saturated heterocycles. The third kappa shape index (κ3) is 4.68. The Hall–Kier alpha value is -1.11. The third-order valence-electron chi connectivity index (χ3n) is 4.42. The Kier molecular flexibility index (Phi) is 6.62. The number of carbonyl (C=O) groups is 2. The van der Waals surface area contributed by atoms with Crippen molar-refractivity contribution in [2.24, 2.45) is 5.41 Å². The van der Waals surface area contributed by atoms with Gasteiger partial charge in [-0.25, -0.2) is 8.42 Å². The number of amides is 2. The minimum absolute atomic E-state index is 0.00680. The highest BCUT2D eigenvalue weighted by molar-refractivity contribution is 7.91. The minimum atomic E-state index is -3.06. The predicted molar refractivity (Wildman–Crippen MR) is 90.8 cm³/mol. The molecule has 0 radical (unpaired) electrons. The molecule has 1 aliphatic rings. The third-order valence-corrected chi connectivity index (χ3v) is 6.17. The van der Waals surface area contributed by atoms with E-state index in [4.69, 9.17) is 0 Å². The maximum atomic E-state index is 12.8. The maximum Gasteiger partial charge on any atom is 0.237 e. The van der Waals surface area contributed by atoms with Crippen molar-refractivity contribution in [3.63, 3.8) is 0 Å². The molecule has 0 spiro atoms. The molecule has 7 heteroatoms. The van der Waals surface area contributed by atoms with Gasteiger partial charge in [-0.2, -0.15) is 0 Å². The number of hydrogen-bond donors (Lipinski definition) is 0. The van der Waals surface area contributed by atoms with Crippen LogP contribution in [0.2, 0.25) is 0 Å². The van der Waals surface area contributed by atoms with Gasteiger partial charge in [0.2, 0.25) is 11.8 Å². The van der Waals surface area contributed by atoms with E-state index in [9.17, 15) is 18.0 Å². The summed E-state index contributed by atoms with van der Waals surface area (Å²) in [7, 11) is -1.46. The van der Waals surface area contributed by atoms with Crippen molar-refractivity contribution in [1.82, 2.24) is 9.80 Å². The molecule has 0 aliphatic carbocycles. The van der Waals surface area contributed by atoms with Gasteiger partial charge in [0, 0.05) is 26.2 Å². The van der Waals surface area contributed by atoms with Crippen LogP contribution in [0.3, 0.4) is 0 Å². The lowest BCUT2D eigenvalue weighted by molar-refractivity contribution is -0.154. The standard InChI is InChI=1S/C16H30N2O4S/c1-6-9-18(10-7-2)15(20)16(3,4)14(19)17(5)13-8-11-23(21,22)12-13/h13H,6-12H2,1-5H3. The first kappa shape index (κ1) is 19.9. The van der Waals surface area contributed by atoms with Crippen LogP contribution in [0.15, 0.2) is 0 Å². The van der Waals surface area contributed by atoms with Gasteiger partial charge in [-0.1, -0.05) is 13.8 Å². The lowest BCUT2D eigenvalue weighted by atomic mass is 9.88. The molecule has 1 atom stereocenters. The number of hydrogen-bond acceptors (Lipinski definition) is 4. The Morgan fingerprint density at radius 3 is 2.00 bits per heavy atom. The molecule has 0 aromatic carbocycles. The molecule has 0 N–H and O–H groups in total. The zero-order valence-corrected chi connectivity index (χ0v) is 15.8. The largest absolute Gasteiger partial charge is 0.342 e. The molecule has 0 saturated carbocycles. The van der Waals surface area contributed by atoms with E-state index in [1.54, 1.807) is 25.8 Å². The zero-order valence-electron chi connectivity index (χ0n) is 15.0. The van der Waals surface area contributed by atoms with E-state index < -0.39 is 15.3 Å². The van der Waals surface area contributed by atoms with Gasteiger partial charge in [-0.05, 0) is 33.1 Å². The molecule has 1 unspecified atom stereocenters. The molecule has 6 nitrogen and oxygen atoms in total. The quantitative estimate of drug-likeness (QED) is 0.651. The second kappa shape index (κ2) is 7.64. The molecule has 23 heavy (non-hydrogen) atoms. The van der Waals surface area contributed by atoms with Gasteiger partial charge >= 0.3 is 0 Å². The molecule has 2 amide bonds. The molecular weight excluding hydrogens is 316 g/mol. The van der Waals surface area contributed by atoms with Crippen molar-refractivity contribution in [3.8, 4) is 0 Å². The first-order valence-electron chi connectivity index (χ1n) is 8.33. The monoisotopic (exact) mass is 346 g/mol. The highest BCUT2D eigenvalue weighted by Gasteiger charge is 2.43. The summed E-state index contributed by atoms with van der Waals surface area (Å²) in [4.78, 5) is 28.8. The highest BCUT2D eigenvalue weighted by Crippen LogP contribution is 2.26. The van der Waals surface area contributed by atoms with Crippen LogP contribution in [0.1, 0.15) is 47.0 Å². The van der Waals surface area contributed by atoms with Crippen molar-refractivity contribution in [2.45, 2.75) is 53.0 Å². The average molecular weight is 346 g/mol. The van der Waals surface area contributed by atoms with E-state index in [1.165, 1.54) is 4.90 Å². The van der Waals surface area contributed by atoms with Gasteiger partial charge in [-0.15, -0.1) is 0 Å². The van der Waals surface area contributed by atoms with Crippen LogP contribution < -0.4 is 0 Å². The van der Waals surface area contributed by atoms with E-state index in [-0.39, 0.29) is 29.4 Å². The van der Waals surface area contributed by atoms with Crippen LogP contribution in [0, 0.1) is 5.41 Å². The molecule has 0 aromatic heterocycles. The average Bonchev–Trinajstić information content (AvgIpc) is 2.84. The summed E-state index contributed by atoms with van der Waals surface area (Å²) >= 11 is 0. The first-order chi connectivity index (χ1) is 10.6. The topological polar surface area (TPSA) is 74.8 Å². The second-order valence-electron chi connectivity index (χ2n) is 6.89. The van der Waals surface area contributed by atoms with Gasteiger partial charge < -0.3 is 9.80 Å². The molecule has 0 aromatic rings. The fraction of sp³-hybridized carbons (Fsp3) is 0.875. The lowest BCUT2D eigenvalue weighted by Gasteiger charge is -2.35. The minimum Gasteiger partial charge on any atom is -0.342 e. The van der Waals surface area contributed by atoms with Crippen LogP contribution >= 0.6 is 0 Å². The fourth-order valence-corrected chi connectivity index (χ4v) is 4.80. The van der Waals surface area contributed by atoms with Crippen LogP contribution in [-0.4, -0.2) is 67.7 Å². The molecule has 0 bridgehead atoms. The normalized spacial score (nSPS) is 20.3. The van der Waals surface area contributed by atoms with Crippen LogP contribution in [0.25, 0.3) is 0 Å².